The van der Waals surface area contributed by atoms with Crippen LogP contribution in [-0.2, 0) is 26.2 Å². The van der Waals surface area contributed by atoms with Gasteiger partial charge in [0.15, 0.2) is 0 Å². The predicted molar refractivity (Wildman–Crippen MR) is 106 cm³/mol. The number of aromatic nitrogens is 1. The normalized spacial score (nSPS) is 11.6. The molecule has 1 aromatic heterocycles. The topological polar surface area (TPSA) is 34.0 Å². The monoisotopic (exact) mass is 416 g/mol. The highest BCUT2D eigenvalue weighted by Crippen LogP contribution is 2.29. The van der Waals surface area contributed by atoms with E-state index in [1.165, 1.54) is 29.0 Å². The van der Waals surface area contributed by atoms with E-state index in [2.05, 4.69) is 11.4 Å². The molecule has 0 saturated carbocycles. The molecule has 0 aliphatic heterocycles. The van der Waals surface area contributed by atoms with E-state index >= 15 is 0 Å². The molecule has 0 aliphatic carbocycles. The van der Waals surface area contributed by atoms with Crippen LogP contribution in [0.2, 0.25) is 0 Å². The molecule has 27 heavy (non-hydrogen) atoms. The molecule has 0 saturated heterocycles. The van der Waals surface area contributed by atoms with Gasteiger partial charge in [0.1, 0.15) is 0 Å². The molecule has 0 amide bonds. The summed E-state index contributed by atoms with van der Waals surface area (Å²) in [5.41, 5.74) is 2.33. The summed E-state index contributed by atoms with van der Waals surface area (Å²) in [5, 5.41) is 3.25. The molecule has 1 heterocycles. The highest BCUT2D eigenvalue weighted by Gasteiger charge is 2.29. The Balaban J connectivity index is 0.00000261. The quantitative estimate of drug-likeness (QED) is 0.588. The number of benzene rings is 2. The molecule has 1 N–H and O–H groups in total. The highest BCUT2D eigenvalue weighted by molar-refractivity contribution is 7.16. The van der Waals surface area contributed by atoms with Gasteiger partial charge in [0, 0.05) is 13.6 Å². The largest absolute Gasteiger partial charge is 0.416 e. The van der Waals surface area contributed by atoms with Gasteiger partial charge in [0.05, 0.1) is 15.8 Å². The Morgan fingerprint density at radius 2 is 1.74 bits per heavy atom. The fraction of sp³-hybridized carbons (Fsp3) is 0.316. The fourth-order valence-electron chi connectivity index (χ4n) is 2.80. The Labute approximate surface area is 165 Å². The molecule has 146 valence electrons. The maximum Gasteiger partial charge on any atom is 0.416 e. The Morgan fingerprint density at radius 1 is 1.07 bits per heavy atom. The molecule has 0 unspecified atom stereocenters. The van der Waals surface area contributed by atoms with Gasteiger partial charge in [0.2, 0.25) is 0 Å². The summed E-state index contributed by atoms with van der Waals surface area (Å²) in [5.74, 6) is 0. The fourth-order valence-corrected chi connectivity index (χ4v) is 3.74. The van der Waals surface area contributed by atoms with Crippen molar-refractivity contribution < 1.29 is 13.2 Å². The van der Waals surface area contributed by atoms with Crippen molar-refractivity contribution in [3.05, 3.63) is 68.8 Å². The van der Waals surface area contributed by atoms with Crippen molar-refractivity contribution in [3.8, 4) is 0 Å². The van der Waals surface area contributed by atoms with Crippen LogP contribution < -0.4 is 10.2 Å². The standard InChI is InChI=1S/C19H19F3N2OS.ClH/c1-24-16-9-6-13(11-17(16)26-18(24)25)3-2-10-23-12-14-4-7-15(8-5-14)19(20,21)22;/h4-9,11,23H,2-3,10,12H2,1H3;1H. The number of fused-ring (bicyclic) bond motifs is 1. The Kier molecular flexibility index (Phi) is 7.08. The number of rotatable bonds is 6. The molecule has 0 spiro atoms. The van der Waals surface area contributed by atoms with Crippen LogP contribution in [-0.4, -0.2) is 11.1 Å². The average Bonchev–Trinajstić information content (AvgIpc) is 2.88. The SMILES string of the molecule is Cl.Cn1c(=O)sc2cc(CCCNCc3ccc(C(F)(F)F)cc3)ccc21. The van der Waals surface area contributed by atoms with Gasteiger partial charge in [-0.15, -0.1) is 12.4 Å². The van der Waals surface area contributed by atoms with E-state index in [-0.39, 0.29) is 17.3 Å². The van der Waals surface area contributed by atoms with E-state index in [1.54, 1.807) is 11.6 Å². The number of thiazole rings is 1. The Bertz CT molecular complexity index is 948. The minimum atomic E-state index is -4.29. The van der Waals surface area contributed by atoms with Gasteiger partial charge < -0.3 is 9.88 Å². The van der Waals surface area contributed by atoms with Gasteiger partial charge >= 0.3 is 11.0 Å². The molecule has 3 aromatic rings. The maximum absolute atomic E-state index is 12.5. The molecule has 2 aromatic carbocycles. The smallest absolute Gasteiger partial charge is 0.313 e. The second kappa shape index (κ2) is 8.91. The number of halogens is 4. The summed E-state index contributed by atoms with van der Waals surface area (Å²) in [7, 11) is 1.77. The van der Waals surface area contributed by atoms with Crippen LogP contribution in [0.1, 0.15) is 23.1 Å². The lowest BCUT2D eigenvalue weighted by Crippen LogP contribution is -2.15. The zero-order valence-electron chi connectivity index (χ0n) is 14.7. The molecule has 0 bridgehead atoms. The third-order valence-corrected chi connectivity index (χ3v) is 5.28. The Morgan fingerprint density at radius 3 is 2.41 bits per heavy atom. The first-order chi connectivity index (χ1) is 12.3. The molecular formula is C19H20ClF3N2OS. The van der Waals surface area contributed by atoms with E-state index in [4.69, 9.17) is 0 Å². The van der Waals surface area contributed by atoms with Crippen molar-refractivity contribution in [1.82, 2.24) is 9.88 Å². The maximum atomic E-state index is 12.5. The minimum absolute atomic E-state index is 0. The van der Waals surface area contributed by atoms with E-state index in [0.717, 1.165) is 47.3 Å². The van der Waals surface area contributed by atoms with E-state index in [1.807, 2.05) is 12.1 Å². The Hall–Kier alpha value is -1.83. The third kappa shape index (κ3) is 5.34. The van der Waals surface area contributed by atoms with Crippen LogP contribution in [0, 0.1) is 0 Å². The summed E-state index contributed by atoms with van der Waals surface area (Å²) in [4.78, 5) is 11.7. The molecule has 3 nitrogen and oxygen atoms in total. The summed E-state index contributed by atoms with van der Waals surface area (Å²) in [6.45, 7) is 1.31. The molecule has 0 aliphatic rings. The summed E-state index contributed by atoms with van der Waals surface area (Å²) in [6, 6.07) is 11.3. The van der Waals surface area contributed by atoms with Gasteiger partial charge in [-0.05, 0) is 54.8 Å². The zero-order chi connectivity index (χ0) is 18.7. The van der Waals surface area contributed by atoms with Crippen LogP contribution in [0.25, 0.3) is 10.2 Å². The van der Waals surface area contributed by atoms with Crippen molar-refractivity contribution in [1.29, 1.82) is 0 Å². The lowest BCUT2D eigenvalue weighted by molar-refractivity contribution is -0.137. The van der Waals surface area contributed by atoms with Crippen LogP contribution in [0.3, 0.4) is 0 Å². The molecule has 8 heteroatoms. The molecule has 0 fully saturated rings. The van der Waals surface area contributed by atoms with Crippen LogP contribution in [0.5, 0.6) is 0 Å². The second-order valence-corrected chi connectivity index (χ2v) is 7.20. The number of hydrogen-bond donors (Lipinski definition) is 1. The van der Waals surface area contributed by atoms with Crippen molar-refractivity contribution in [2.45, 2.75) is 25.6 Å². The van der Waals surface area contributed by atoms with Crippen LogP contribution >= 0.6 is 23.7 Å². The first-order valence-corrected chi connectivity index (χ1v) is 9.11. The van der Waals surface area contributed by atoms with Crippen molar-refractivity contribution in [2.75, 3.05) is 6.54 Å². The van der Waals surface area contributed by atoms with Gasteiger partial charge in [-0.3, -0.25) is 4.79 Å². The number of alkyl halides is 3. The number of hydrogen-bond acceptors (Lipinski definition) is 3. The van der Waals surface area contributed by atoms with Crippen molar-refractivity contribution >= 4 is 34.0 Å². The number of nitrogens with zero attached hydrogens (tertiary/aromatic N) is 1. The van der Waals surface area contributed by atoms with Crippen LogP contribution in [0.4, 0.5) is 13.2 Å². The average molecular weight is 417 g/mol. The van der Waals surface area contributed by atoms with E-state index in [9.17, 15) is 18.0 Å². The molecule has 0 atom stereocenters. The van der Waals surface area contributed by atoms with Crippen LogP contribution in [0.15, 0.2) is 47.3 Å². The molecule has 0 radical (unpaired) electrons. The molecular weight excluding hydrogens is 397 g/mol. The lowest BCUT2D eigenvalue weighted by atomic mass is 10.1. The van der Waals surface area contributed by atoms with Gasteiger partial charge in [-0.1, -0.05) is 29.5 Å². The minimum Gasteiger partial charge on any atom is -0.313 e. The zero-order valence-corrected chi connectivity index (χ0v) is 16.3. The van der Waals surface area contributed by atoms with Gasteiger partial charge in [-0.2, -0.15) is 13.2 Å². The number of nitrogens with one attached hydrogen (secondary N) is 1. The highest BCUT2D eigenvalue weighted by atomic mass is 35.5. The van der Waals surface area contributed by atoms with Gasteiger partial charge in [0.25, 0.3) is 0 Å². The first kappa shape index (κ1) is 21.5. The first-order valence-electron chi connectivity index (χ1n) is 8.30. The van der Waals surface area contributed by atoms with Crippen molar-refractivity contribution in [2.24, 2.45) is 7.05 Å². The third-order valence-electron chi connectivity index (χ3n) is 4.29. The predicted octanol–water partition coefficient (Wildman–Crippen LogP) is 4.76. The number of aryl methyl sites for hydroxylation is 2. The van der Waals surface area contributed by atoms with E-state index < -0.39 is 11.7 Å². The van der Waals surface area contributed by atoms with Crippen molar-refractivity contribution in [3.63, 3.8) is 0 Å². The van der Waals surface area contributed by atoms with E-state index in [0.29, 0.717) is 6.54 Å². The summed E-state index contributed by atoms with van der Waals surface area (Å²) in [6.07, 6.45) is -2.50. The lowest BCUT2D eigenvalue weighted by Gasteiger charge is -2.08. The second-order valence-electron chi connectivity index (χ2n) is 6.20. The summed E-state index contributed by atoms with van der Waals surface area (Å²) < 4.78 is 40.2. The van der Waals surface area contributed by atoms with Gasteiger partial charge in [-0.25, -0.2) is 0 Å². The summed E-state index contributed by atoms with van der Waals surface area (Å²) >= 11 is 1.25. The molecule has 3 rings (SSSR count).